The van der Waals surface area contributed by atoms with Gasteiger partial charge in [0.25, 0.3) is 0 Å². The molecule has 59 valence electrons. The fourth-order valence-corrected chi connectivity index (χ4v) is 1.69. The molecule has 1 saturated carbocycles. The molecule has 0 saturated heterocycles. The number of hydrogen-bond acceptors (Lipinski definition) is 1. The highest BCUT2D eigenvalue weighted by molar-refractivity contribution is 5.20. The molecule has 0 amide bonds. The predicted octanol–water partition coefficient (Wildman–Crippen LogP) is 2.30. The van der Waals surface area contributed by atoms with Crippen molar-refractivity contribution in [2.45, 2.75) is 32.1 Å². The van der Waals surface area contributed by atoms with Crippen LogP contribution in [0.15, 0.2) is 12.5 Å². The van der Waals surface area contributed by atoms with Gasteiger partial charge in [0.05, 0.1) is 12.0 Å². The van der Waals surface area contributed by atoms with Crippen LogP contribution in [0.3, 0.4) is 0 Å². The molecule has 1 aliphatic rings. The van der Waals surface area contributed by atoms with E-state index in [-0.39, 0.29) is 0 Å². The first-order valence-corrected chi connectivity index (χ1v) is 4.30. The maximum absolute atomic E-state index is 4.25. The number of imidazole rings is 1. The summed E-state index contributed by atoms with van der Waals surface area (Å²) in [6.07, 6.45) is 10.4. The zero-order chi connectivity index (χ0) is 7.52. The van der Waals surface area contributed by atoms with Crippen LogP contribution in [0.4, 0.5) is 0 Å². The third-order valence-corrected chi connectivity index (χ3v) is 2.32. The Labute approximate surface area is 67.0 Å². The highest BCUT2D eigenvalue weighted by atomic mass is 14.9. The lowest BCUT2D eigenvalue weighted by molar-refractivity contribution is 0.547. The molecule has 0 atom stereocenters. The van der Waals surface area contributed by atoms with E-state index in [1.807, 2.05) is 6.20 Å². The molecule has 1 fully saturated rings. The number of rotatable bonds is 1. The molecule has 1 N–H and O–H groups in total. The summed E-state index contributed by atoms with van der Waals surface area (Å²) >= 11 is 0. The average molecular weight is 149 g/mol. The Morgan fingerprint density at radius 2 is 2.00 bits per heavy atom. The zero-order valence-electron chi connectivity index (χ0n) is 6.64. The minimum absolute atomic E-state index is 1.18. The van der Waals surface area contributed by atoms with Gasteiger partial charge in [-0.1, -0.05) is 19.3 Å². The summed E-state index contributed by atoms with van der Waals surface area (Å²) in [5.74, 6) is 1.54. The molecule has 0 unspecified atom stereocenters. The fourth-order valence-electron chi connectivity index (χ4n) is 1.69. The molecule has 0 spiro atoms. The van der Waals surface area contributed by atoms with Crippen molar-refractivity contribution in [2.75, 3.05) is 0 Å². The molecule has 1 aromatic heterocycles. The lowest BCUT2D eigenvalue weighted by Gasteiger charge is -2.18. The third-order valence-electron chi connectivity index (χ3n) is 2.32. The molecule has 1 heterocycles. The van der Waals surface area contributed by atoms with Gasteiger partial charge in [0.1, 0.15) is 0 Å². The van der Waals surface area contributed by atoms with E-state index in [9.17, 15) is 0 Å². The first kappa shape index (κ1) is 6.89. The molecule has 0 aliphatic heterocycles. The Balaban J connectivity index is 2.04. The molecule has 0 aromatic carbocycles. The van der Waals surface area contributed by atoms with Gasteiger partial charge in [0.15, 0.2) is 0 Å². The number of aromatic nitrogens is 2. The minimum atomic E-state index is 1.18. The maximum Gasteiger partial charge on any atom is 0.0923 e. The van der Waals surface area contributed by atoms with E-state index in [2.05, 4.69) is 9.97 Å². The lowest BCUT2D eigenvalue weighted by Crippen LogP contribution is -2.05. The Kier molecular flexibility index (Phi) is 1.93. The Hall–Kier alpha value is -0.790. The summed E-state index contributed by atoms with van der Waals surface area (Å²) < 4.78 is 0. The predicted molar refractivity (Wildman–Crippen MR) is 44.0 cm³/mol. The largest absolute Gasteiger partial charge is 0.351 e. The van der Waals surface area contributed by atoms with Crippen LogP contribution < -0.4 is 0 Å². The smallest absolute Gasteiger partial charge is 0.0923 e. The van der Waals surface area contributed by atoms with E-state index in [4.69, 9.17) is 0 Å². The Morgan fingerprint density at radius 3 is 2.64 bits per heavy atom. The summed E-state index contributed by atoms with van der Waals surface area (Å²) in [4.78, 5) is 7.24. The second-order valence-corrected chi connectivity index (χ2v) is 3.12. The van der Waals surface area contributed by atoms with Gasteiger partial charge in [-0.15, -0.1) is 0 Å². The summed E-state index contributed by atoms with van der Waals surface area (Å²) in [5, 5.41) is 0. The monoisotopic (exact) mass is 149 g/mol. The highest BCUT2D eigenvalue weighted by Crippen LogP contribution is 2.29. The molecule has 2 heteroatoms. The van der Waals surface area contributed by atoms with Crippen molar-refractivity contribution in [3.8, 4) is 0 Å². The molecule has 11 heavy (non-hydrogen) atoms. The minimum Gasteiger partial charge on any atom is -0.351 e. The first-order valence-electron chi connectivity index (χ1n) is 4.30. The van der Waals surface area contributed by atoms with E-state index in [1.165, 1.54) is 43.7 Å². The van der Waals surface area contributed by atoms with E-state index >= 15 is 0 Å². The van der Waals surface area contributed by atoms with E-state index in [0.29, 0.717) is 0 Å². The summed E-state index contributed by atoms with van der Waals surface area (Å²) in [6.45, 7) is 0. The summed E-state index contributed by atoms with van der Waals surface area (Å²) in [5.41, 5.74) is 1.18. The van der Waals surface area contributed by atoms with Gasteiger partial charge in [-0.05, 0) is 12.8 Å². The topological polar surface area (TPSA) is 28.7 Å². The van der Waals surface area contributed by atoms with Crippen molar-refractivity contribution in [3.05, 3.63) is 24.1 Å². The van der Waals surface area contributed by atoms with Crippen LogP contribution in [0.2, 0.25) is 0 Å². The van der Waals surface area contributed by atoms with Crippen LogP contribution in [0.5, 0.6) is 0 Å². The van der Waals surface area contributed by atoms with Gasteiger partial charge in [-0.25, -0.2) is 4.98 Å². The van der Waals surface area contributed by atoms with Crippen LogP contribution in [0.1, 0.15) is 37.8 Å². The van der Waals surface area contributed by atoms with Crippen molar-refractivity contribution < 1.29 is 0 Å². The van der Waals surface area contributed by atoms with Crippen molar-refractivity contribution in [3.63, 3.8) is 0 Å². The van der Waals surface area contributed by atoms with Gasteiger partial charge >= 0.3 is 0 Å². The normalized spacial score (nSPS) is 20.4. The van der Waals surface area contributed by atoms with Crippen LogP contribution in [0.25, 0.3) is 0 Å². The standard InChI is InChI=1S/C9H13N2/c1-2-4-8(5-3-1)9-6-10-7-11-9/h6-7H,1-5H2,(H,10,11). The molecule has 1 aliphatic carbocycles. The number of nitrogens with zero attached hydrogens (tertiary/aromatic N) is 1. The van der Waals surface area contributed by atoms with Crippen molar-refractivity contribution in [2.24, 2.45) is 0 Å². The van der Waals surface area contributed by atoms with Gasteiger partial charge in [-0.2, -0.15) is 0 Å². The van der Waals surface area contributed by atoms with Gasteiger partial charge in [-0.3, -0.25) is 0 Å². The Bertz CT molecular complexity index is 197. The first-order chi connectivity index (χ1) is 5.47. The Morgan fingerprint density at radius 1 is 1.18 bits per heavy atom. The van der Waals surface area contributed by atoms with E-state index < -0.39 is 0 Å². The zero-order valence-corrected chi connectivity index (χ0v) is 6.64. The van der Waals surface area contributed by atoms with Gasteiger partial charge in [0.2, 0.25) is 0 Å². The van der Waals surface area contributed by atoms with Crippen LogP contribution in [0, 0.1) is 5.92 Å². The van der Waals surface area contributed by atoms with Crippen molar-refractivity contribution >= 4 is 0 Å². The van der Waals surface area contributed by atoms with E-state index in [0.717, 1.165) is 0 Å². The van der Waals surface area contributed by atoms with Crippen LogP contribution in [-0.2, 0) is 0 Å². The maximum atomic E-state index is 4.25. The number of H-pyrrole nitrogens is 1. The molecule has 1 aromatic rings. The molecule has 2 nitrogen and oxygen atoms in total. The fraction of sp³-hybridized carbons (Fsp3) is 0.556. The molecule has 0 bridgehead atoms. The summed E-state index contributed by atoms with van der Waals surface area (Å²) in [7, 11) is 0. The third kappa shape index (κ3) is 1.44. The molecular weight excluding hydrogens is 136 g/mol. The second kappa shape index (κ2) is 3.07. The molecular formula is C9H13N2. The number of aromatic amines is 1. The SMILES string of the molecule is c1nc([C]2CCCCC2)c[nH]1. The van der Waals surface area contributed by atoms with Crippen molar-refractivity contribution in [1.29, 1.82) is 0 Å². The molecule has 1 radical (unpaired) electrons. The quantitative estimate of drug-likeness (QED) is 0.652. The average Bonchev–Trinajstić information content (AvgIpc) is 2.58. The number of hydrogen-bond donors (Lipinski definition) is 1. The molecule has 2 rings (SSSR count). The lowest BCUT2D eigenvalue weighted by atomic mass is 9.87. The summed E-state index contributed by atoms with van der Waals surface area (Å²) in [6, 6.07) is 0. The number of nitrogens with one attached hydrogen (secondary N) is 1. The van der Waals surface area contributed by atoms with Crippen molar-refractivity contribution in [1.82, 2.24) is 9.97 Å². The highest BCUT2D eigenvalue weighted by Gasteiger charge is 2.16. The van der Waals surface area contributed by atoms with E-state index in [1.54, 1.807) is 6.33 Å². The second-order valence-electron chi connectivity index (χ2n) is 3.12. The van der Waals surface area contributed by atoms with Gasteiger partial charge in [0, 0.05) is 12.1 Å². The van der Waals surface area contributed by atoms with Crippen LogP contribution in [-0.4, -0.2) is 9.97 Å². The van der Waals surface area contributed by atoms with Crippen LogP contribution >= 0.6 is 0 Å². The van der Waals surface area contributed by atoms with Gasteiger partial charge < -0.3 is 4.98 Å².